The molecule has 1 aliphatic rings. The van der Waals surface area contributed by atoms with Crippen molar-refractivity contribution in [3.8, 4) is 22.6 Å². The Labute approximate surface area is 182 Å². The van der Waals surface area contributed by atoms with Crippen LogP contribution < -0.4 is 9.47 Å². The first kappa shape index (κ1) is 20.7. The molecule has 4 rings (SSSR count). The summed E-state index contributed by atoms with van der Waals surface area (Å²) in [5.74, 6) is 1.30. The largest absolute Gasteiger partial charge is 0.493 e. The molecule has 0 amide bonds. The number of fused-ring (bicyclic) bond motifs is 1. The molecule has 0 fully saturated rings. The van der Waals surface area contributed by atoms with E-state index in [2.05, 4.69) is 0 Å². The molecule has 1 heterocycles. The highest BCUT2D eigenvalue weighted by Gasteiger charge is 2.29. The van der Waals surface area contributed by atoms with Crippen molar-refractivity contribution >= 4 is 11.6 Å². The molecule has 0 spiro atoms. The Morgan fingerprint density at radius 1 is 1.03 bits per heavy atom. The highest BCUT2D eigenvalue weighted by atomic mass is 35.5. The quantitative estimate of drug-likeness (QED) is 0.457. The fraction of sp³-hybridized carbons (Fsp3) is 0.280. The van der Waals surface area contributed by atoms with E-state index in [0.29, 0.717) is 36.0 Å². The van der Waals surface area contributed by atoms with Gasteiger partial charge in [0.2, 0.25) is 0 Å². The third kappa shape index (κ3) is 4.03. The van der Waals surface area contributed by atoms with Gasteiger partial charge in [-0.2, -0.15) is 0 Å². The van der Waals surface area contributed by atoms with Crippen LogP contribution in [0, 0.1) is 0 Å². The predicted octanol–water partition coefficient (Wildman–Crippen LogP) is 5.92. The van der Waals surface area contributed by atoms with E-state index in [9.17, 15) is 0 Å². The van der Waals surface area contributed by atoms with Crippen molar-refractivity contribution in [1.82, 2.24) is 4.90 Å². The molecular formula is C25H25ClFNO2. The van der Waals surface area contributed by atoms with Crippen LogP contribution in [0.1, 0.15) is 16.7 Å². The van der Waals surface area contributed by atoms with E-state index in [1.807, 2.05) is 65.6 Å². The smallest absolute Gasteiger partial charge is 0.168 e. The van der Waals surface area contributed by atoms with Crippen LogP contribution in [0.5, 0.6) is 11.5 Å². The molecule has 1 atom stereocenters. The third-order valence-electron chi connectivity index (χ3n) is 5.69. The van der Waals surface area contributed by atoms with Crippen LogP contribution in [0.25, 0.3) is 11.1 Å². The second-order valence-electron chi connectivity index (χ2n) is 7.45. The van der Waals surface area contributed by atoms with Gasteiger partial charge >= 0.3 is 0 Å². The van der Waals surface area contributed by atoms with Crippen LogP contribution in [0.4, 0.5) is 4.39 Å². The Morgan fingerprint density at radius 2 is 1.77 bits per heavy atom. The van der Waals surface area contributed by atoms with Gasteiger partial charge in [0.1, 0.15) is 0 Å². The Balaban J connectivity index is 1.74. The van der Waals surface area contributed by atoms with E-state index >= 15 is 4.39 Å². The molecule has 1 unspecified atom stereocenters. The molecular weight excluding hydrogens is 401 g/mol. The second kappa shape index (κ2) is 9.07. The van der Waals surface area contributed by atoms with E-state index in [-0.39, 0.29) is 0 Å². The number of alkyl halides is 1. The number of methoxy groups -OCH3 is 2. The molecule has 156 valence electrons. The molecule has 0 radical (unpaired) electrons. The van der Waals surface area contributed by atoms with Gasteiger partial charge in [-0.25, -0.2) is 4.39 Å². The second-order valence-corrected chi connectivity index (χ2v) is 7.86. The first-order valence-corrected chi connectivity index (χ1v) is 10.4. The van der Waals surface area contributed by atoms with Gasteiger partial charge in [-0.1, -0.05) is 60.1 Å². The zero-order valence-electron chi connectivity index (χ0n) is 17.2. The summed E-state index contributed by atoms with van der Waals surface area (Å²) in [4.78, 5) is 1.89. The Kier molecular flexibility index (Phi) is 6.26. The standard InChI is InChI=1S/C25H25ClFNO2/c1-29-22-15-18-12-13-28(23(27)14-17-8-4-3-5-9-17)16-20(18)24(25(22)30-2)19-10-6-7-11-21(19)26/h3-11,15,23H,12-14,16H2,1-2H3. The number of hydrogen-bond donors (Lipinski definition) is 0. The van der Waals surface area contributed by atoms with Gasteiger partial charge in [0.25, 0.3) is 0 Å². The maximum Gasteiger partial charge on any atom is 0.168 e. The summed E-state index contributed by atoms with van der Waals surface area (Å²) in [5, 5.41) is 0.629. The highest BCUT2D eigenvalue weighted by Crippen LogP contribution is 2.46. The van der Waals surface area contributed by atoms with Crippen LogP contribution in [-0.4, -0.2) is 32.0 Å². The van der Waals surface area contributed by atoms with E-state index in [1.165, 1.54) is 0 Å². The van der Waals surface area contributed by atoms with E-state index < -0.39 is 6.30 Å². The predicted molar refractivity (Wildman–Crippen MR) is 119 cm³/mol. The first-order chi connectivity index (χ1) is 14.6. The number of ether oxygens (including phenoxy) is 2. The molecule has 3 nitrogen and oxygen atoms in total. The lowest BCUT2D eigenvalue weighted by molar-refractivity contribution is 0.0699. The van der Waals surface area contributed by atoms with Crippen molar-refractivity contribution < 1.29 is 13.9 Å². The van der Waals surface area contributed by atoms with Crippen molar-refractivity contribution in [1.29, 1.82) is 0 Å². The maximum absolute atomic E-state index is 15.3. The van der Waals surface area contributed by atoms with Crippen molar-refractivity contribution in [2.75, 3.05) is 20.8 Å². The lowest BCUT2D eigenvalue weighted by atomic mass is 9.89. The van der Waals surface area contributed by atoms with Crippen LogP contribution in [-0.2, 0) is 19.4 Å². The average Bonchev–Trinajstić information content (AvgIpc) is 2.78. The maximum atomic E-state index is 15.3. The van der Waals surface area contributed by atoms with Gasteiger partial charge < -0.3 is 9.47 Å². The molecule has 0 N–H and O–H groups in total. The number of nitrogens with zero attached hydrogens (tertiary/aromatic N) is 1. The normalized spacial score (nSPS) is 14.8. The van der Waals surface area contributed by atoms with Crippen LogP contribution >= 0.6 is 11.6 Å². The number of halogens is 2. The summed E-state index contributed by atoms with van der Waals surface area (Å²) in [6.07, 6.45) is 0.0421. The minimum Gasteiger partial charge on any atom is -0.493 e. The lowest BCUT2D eigenvalue weighted by Gasteiger charge is -2.34. The average molecular weight is 426 g/mol. The molecule has 0 saturated carbocycles. The van der Waals surface area contributed by atoms with Gasteiger partial charge in [-0.15, -0.1) is 0 Å². The molecule has 3 aromatic carbocycles. The fourth-order valence-corrected chi connectivity index (χ4v) is 4.39. The first-order valence-electron chi connectivity index (χ1n) is 10.1. The lowest BCUT2D eigenvalue weighted by Crippen LogP contribution is -2.38. The van der Waals surface area contributed by atoms with Crippen molar-refractivity contribution in [3.05, 3.63) is 82.4 Å². The number of hydrogen-bond acceptors (Lipinski definition) is 3. The van der Waals surface area contributed by atoms with E-state index in [0.717, 1.165) is 34.2 Å². The molecule has 5 heteroatoms. The SMILES string of the molecule is COc1cc2c(c(-c3ccccc3Cl)c1OC)CN(C(F)Cc1ccccc1)CC2. The number of rotatable bonds is 6. The molecule has 1 aliphatic heterocycles. The Bertz CT molecular complexity index is 1030. The molecule has 0 aliphatic carbocycles. The topological polar surface area (TPSA) is 21.7 Å². The van der Waals surface area contributed by atoms with Crippen LogP contribution in [0.15, 0.2) is 60.7 Å². The Morgan fingerprint density at radius 3 is 2.47 bits per heavy atom. The summed E-state index contributed by atoms with van der Waals surface area (Å²) >= 11 is 6.55. The molecule has 0 saturated heterocycles. The minimum atomic E-state index is -1.06. The zero-order chi connectivity index (χ0) is 21.1. The summed E-state index contributed by atoms with van der Waals surface area (Å²) in [7, 11) is 3.26. The molecule has 3 aromatic rings. The van der Waals surface area contributed by atoms with Crippen LogP contribution in [0.2, 0.25) is 5.02 Å². The summed E-state index contributed by atoms with van der Waals surface area (Å²) in [6.45, 7) is 1.14. The van der Waals surface area contributed by atoms with Gasteiger partial charge in [0.05, 0.1) is 14.2 Å². The summed E-state index contributed by atoms with van der Waals surface area (Å²) < 4.78 is 26.6. The van der Waals surface area contributed by atoms with E-state index in [4.69, 9.17) is 21.1 Å². The van der Waals surface area contributed by atoms with Gasteiger partial charge in [0.15, 0.2) is 17.8 Å². The monoisotopic (exact) mass is 425 g/mol. The van der Waals surface area contributed by atoms with Crippen molar-refractivity contribution in [2.45, 2.75) is 25.7 Å². The molecule has 0 bridgehead atoms. The molecule has 0 aromatic heterocycles. The fourth-order valence-electron chi connectivity index (χ4n) is 4.16. The third-order valence-corrected chi connectivity index (χ3v) is 6.02. The summed E-state index contributed by atoms with van der Waals surface area (Å²) in [6, 6.07) is 19.4. The van der Waals surface area contributed by atoms with Crippen molar-refractivity contribution in [3.63, 3.8) is 0 Å². The van der Waals surface area contributed by atoms with Gasteiger partial charge in [-0.3, -0.25) is 4.90 Å². The van der Waals surface area contributed by atoms with E-state index in [1.54, 1.807) is 14.2 Å². The highest BCUT2D eigenvalue weighted by molar-refractivity contribution is 6.33. The molecule has 30 heavy (non-hydrogen) atoms. The zero-order valence-corrected chi connectivity index (χ0v) is 18.0. The van der Waals surface area contributed by atoms with Crippen LogP contribution in [0.3, 0.4) is 0 Å². The number of benzene rings is 3. The summed E-state index contributed by atoms with van der Waals surface area (Å²) in [5.41, 5.74) is 4.93. The van der Waals surface area contributed by atoms with Gasteiger partial charge in [0, 0.05) is 35.7 Å². The van der Waals surface area contributed by atoms with Crippen molar-refractivity contribution in [2.24, 2.45) is 0 Å². The van der Waals surface area contributed by atoms with Gasteiger partial charge in [-0.05, 0) is 35.2 Å². The minimum absolute atomic E-state index is 0.366. The Hall–Kier alpha value is -2.56.